The summed E-state index contributed by atoms with van der Waals surface area (Å²) in [7, 11) is 0. The molecule has 0 unspecified atom stereocenters. The van der Waals surface area contributed by atoms with Crippen LogP contribution in [-0.2, 0) is 0 Å². The van der Waals surface area contributed by atoms with E-state index in [9.17, 15) is 15.3 Å². The molecular formula is C17H14N2O3. The molecule has 3 aromatic rings. The second kappa shape index (κ2) is 5.37. The number of azo groups is 1. The average molecular weight is 294 g/mol. The van der Waals surface area contributed by atoms with Gasteiger partial charge in [-0.15, -0.1) is 10.2 Å². The predicted molar refractivity (Wildman–Crippen MR) is 84.3 cm³/mol. The first-order valence-electron chi connectivity index (χ1n) is 6.70. The molecule has 0 radical (unpaired) electrons. The number of aryl methyl sites for hydroxylation is 1. The van der Waals surface area contributed by atoms with Gasteiger partial charge in [-0.25, -0.2) is 0 Å². The maximum atomic E-state index is 10.0. The minimum Gasteiger partial charge on any atom is -0.508 e. The fraction of sp³-hybridized carbons (Fsp3) is 0.0588. The maximum absolute atomic E-state index is 10.0. The molecule has 22 heavy (non-hydrogen) atoms. The summed E-state index contributed by atoms with van der Waals surface area (Å²) in [5.41, 5.74) is 1.50. The molecule has 5 heteroatoms. The molecule has 0 atom stereocenters. The quantitative estimate of drug-likeness (QED) is 0.600. The summed E-state index contributed by atoms with van der Waals surface area (Å²) in [6.45, 7) is 1.88. The van der Waals surface area contributed by atoms with Crippen LogP contribution in [0.4, 0.5) is 11.4 Å². The Morgan fingerprint density at radius 1 is 0.773 bits per heavy atom. The number of aromatic hydroxyl groups is 3. The zero-order chi connectivity index (χ0) is 15.7. The van der Waals surface area contributed by atoms with Gasteiger partial charge in [0.25, 0.3) is 0 Å². The lowest BCUT2D eigenvalue weighted by Crippen LogP contribution is -1.76. The molecule has 0 amide bonds. The maximum Gasteiger partial charge on any atom is 0.143 e. The van der Waals surface area contributed by atoms with Crippen LogP contribution in [0.25, 0.3) is 10.8 Å². The highest BCUT2D eigenvalue weighted by Gasteiger charge is 2.08. The van der Waals surface area contributed by atoms with E-state index >= 15 is 0 Å². The molecule has 0 aliphatic heterocycles. The molecule has 0 heterocycles. The van der Waals surface area contributed by atoms with Crippen LogP contribution in [0, 0.1) is 6.92 Å². The summed E-state index contributed by atoms with van der Waals surface area (Å²) in [5, 5.41) is 38.9. The molecule has 3 aromatic carbocycles. The SMILES string of the molecule is Cc1ccc(O)c(N=Nc2c(O)ccc3ccc(O)cc23)c1. The van der Waals surface area contributed by atoms with Gasteiger partial charge >= 0.3 is 0 Å². The van der Waals surface area contributed by atoms with E-state index < -0.39 is 0 Å². The van der Waals surface area contributed by atoms with Crippen molar-refractivity contribution in [3.63, 3.8) is 0 Å². The number of rotatable bonds is 2. The number of phenols is 3. The van der Waals surface area contributed by atoms with Crippen molar-refractivity contribution in [2.75, 3.05) is 0 Å². The van der Waals surface area contributed by atoms with Crippen molar-refractivity contribution >= 4 is 22.1 Å². The zero-order valence-corrected chi connectivity index (χ0v) is 11.9. The van der Waals surface area contributed by atoms with Crippen molar-refractivity contribution < 1.29 is 15.3 Å². The third-order valence-corrected chi connectivity index (χ3v) is 3.34. The number of hydrogen-bond acceptors (Lipinski definition) is 5. The fourth-order valence-electron chi connectivity index (χ4n) is 2.20. The average Bonchev–Trinajstić information content (AvgIpc) is 2.49. The third kappa shape index (κ3) is 2.56. The van der Waals surface area contributed by atoms with Crippen molar-refractivity contribution in [2.24, 2.45) is 10.2 Å². The van der Waals surface area contributed by atoms with E-state index in [1.54, 1.807) is 36.4 Å². The molecule has 0 saturated heterocycles. The van der Waals surface area contributed by atoms with E-state index in [1.807, 2.05) is 6.92 Å². The highest BCUT2D eigenvalue weighted by Crippen LogP contribution is 2.38. The molecule has 0 aliphatic carbocycles. The zero-order valence-electron chi connectivity index (χ0n) is 11.9. The molecule has 0 saturated carbocycles. The van der Waals surface area contributed by atoms with Gasteiger partial charge < -0.3 is 15.3 Å². The summed E-state index contributed by atoms with van der Waals surface area (Å²) < 4.78 is 0. The fourth-order valence-corrected chi connectivity index (χ4v) is 2.20. The number of fused-ring (bicyclic) bond motifs is 1. The van der Waals surface area contributed by atoms with Gasteiger partial charge in [0, 0.05) is 5.39 Å². The van der Waals surface area contributed by atoms with Crippen molar-refractivity contribution in [1.82, 2.24) is 0 Å². The van der Waals surface area contributed by atoms with E-state index in [4.69, 9.17) is 0 Å². The Bertz CT molecular complexity index is 883. The van der Waals surface area contributed by atoms with Crippen LogP contribution in [0.1, 0.15) is 5.56 Å². The number of nitrogens with zero attached hydrogens (tertiary/aromatic N) is 2. The summed E-state index contributed by atoms with van der Waals surface area (Å²) >= 11 is 0. The van der Waals surface area contributed by atoms with Gasteiger partial charge in [0.15, 0.2) is 0 Å². The van der Waals surface area contributed by atoms with E-state index in [2.05, 4.69) is 10.2 Å². The lowest BCUT2D eigenvalue weighted by Gasteiger charge is -2.05. The standard InChI is InChI=1S/C17H14N2O3/c1-10-2-6-15(21)14(8-10)18-19-17-13-9-12(20)5-3-11(13)4-7-16(17)22/h2-9,20-22H,1H3. The molecule has 0 bridgehead atoms. The van der Waals surface area contributed by atoms with E-state index in [-0.39, 0.29) is 22.9 Å². The van der Waals surface area contributed by atoms with E-state index in [1.165, 1.54) is 12.1 Å². The number of benzene rings is 3. The summed E-state index contributed by atoms with van der Waals surface area (Å²) in [5.74, 6) is 0.0406. The highest BCUT2D eigenvalue weighted by molar-refractivity contribution is 5.96. The van der Waals surface area contributed by atoms with Crippen LogP contribution in [-0.4, -0.2) is 15.3 Å². The van der Waals surface area contributed by atoms with E-state index in [0.717, 1.165) is 10.9 Å². The van der Waals surface area contributed by atoms with Gasteiger partial charge in [0.05, 0.1) is 0 Å². The normalized spacial score (nSPS) is 11.3. The second-order valence-electron chi connectivity index (χ2n) is 5.03. The topological polar surface area (TPSA) is 85.4 Å². The van der Waals surface area contributed by atoms with Crippen molar-refractivity contribution in [3.8, 4) is 17.2 Å². The molecule has 0 aromatic heterocycles. The van der Waals surface area contributed by atoms with Crippen molar-refractivity contribution in [3.05, 3.63) is 54.1 Å². The molecule has 0 fully saturated rings. The molecule has 0 aliphatic rings. The first-order valence-corrected chi connectivity index (χ1v) is 6.70. The second-order valence-corrected chi connectivity index (χ2v) is 5.03. The van der Waals surface area contributed by atoms with Crippen LogP contribution >= 0.6 is 0 Å². The largest absolute Gasteiger partial charge is 0.508 e. The van der Waals surface area contributed by atoms with Gasteiger partial charge in [0.1, 0.15) is 28.6 Å². The number of hydrogen-bond donors (Lipinski definition) is 3. The lowest BCUT2D eigenvalue weighted by molar-refractivity contribution is 0.473. The minimum absolute atomic E-state index is 0.0110. The lowest BCUT2D eigenvalue weighted by atomic mass is 10.1. The Labute approximate surface area is 126 Å². The van der Waals surface area contributed by atoms with Crippen LogP contribution in [0.2, 0.25) is 0 Å². The summed E-state index contributed by atoms with van der Waals surface area (Å²) in [6.07, 6.45) is 0. The van der Waals surface area contributed by atoms with Gasteiger partial charge in [-0.3, -0.25) is 0 Å². The Kier molecular flexibility index (Phi) is 3.39. The molecule has 0 spiro atoms. The smallest absolute Gasteiger partial charge is 0.143 e. The summed E-state index contributed by atoms with van der Waals surface area (Å²) in [6, 6.07) is 13.1. The van der Waals surface area contributed by atoms with Crippen molar-refractivity contribution in [1.29, 1.82) is 0 Å². The Hall–Kier alpha value is -3.08. The molecule has 3 N–H and O–H groups in total. The van der Waals surface area contributed by atoms with Gasteiger partial charge in [0.2, 0.25) is 0 Å². The van der Waals surface area contributed by atoms with Crippen LogP contribution in [0.3, 0.4) is 0 Å². The monoisotopic (exact) mass is 294 g/mol. The third-order valence-electron chi connectivity index (χ3n) is 3.34. The molecular weight excluding hydrogens is 280 g/mol. The Morgan fingerprint density at radius 2 is 1.50 bits per heavy atom. The van der Waals surface area contributed by atoms with Gasteiger partial charge in [-0.1, -0.05) is 18.2 Å². The Balaban J connectivity index is 2.14. The van der Waals surface area contributed by atoms with Gasteiger partial charge in [-0.2, -0.15) is 0 Å². The summed E-state index contributed by atoms with van der Waals surface area (Å²) in [4.78, 5) is 0. The van der Waals surface area contributed by atoms with Crippen LogP contribution in [0.5, 0.6) is 17.2 Å². The molecule has 5 nitrogen and oxygen atoms in total. The Morgan fingerprint density at radius 3 is 2.32 bits per heavy atom. The van der Waals surface area contributed by atoms with Gasteiger partial charge in [-0.05, 0) is 48.2 Å². The van der Waals surface area contributed by atoms with Crippen LogP contribution < -0.4 is 0 Å². The predicted octanol–water partition coefficient (Wildman–Crippen LogP) is 4.68. The molecule has 3 rings (SSSR count). The van der Waals surface area contributed by atoms with Crippen LogP contribution in [0.15, 0.2) is 58.8 Å². The number of phenolic OH excluding ortho intramolecular Hbond substituents is 3. The first kappa shape index (κ1) is 13.9. The van der Waals surface area contributed by atoms with Crippen molar-refractivity contribution in [2.45, 2.75) is 6.92 Å². The van der Waals surface area contributed by atoms with E-state index in [0.29, 0.717) is 11.1 Å². The first-order chi connectivity index (χ1) is 10.5. The molecule has 110 valence electrons. The minimum atomic E-state index is -0.0472. The highest BCUT2D eigenvalue weighted by atomic mass is 16.3.